The lowest BCUT2D eigenvalue weighted by atomic mass is 9.94. The smallest absolute Gasteiger partial charge is 0.242 e. The molecule has 1 amide bonds. The van der Waals surface area contributed by atoms with E-state index in [1.54, 1.807) is 31.6 Å². The molecule has 8 heteroatoms. The lowest BCUT2D eigenvalue weighted by Gasteiger charge is -2.35. The Hall–Kier alpha value is -2.25. The highest BCUT2D eigenvalue weighted by atomic mass is 35.5. The largest absolute Gasteiger partial charge is 0.480 e. The van der Waals surface area contributed by atoms with Crippen LogP contribution in [0.3, 0.4) is 0 Å². The molecule has 0 spiro atoms. The first-order valence-corrected chi connectivity index (χ1v) is 11.0. The molecule has 166 valence electrons. The average molecular weight is 436 g/mol. The second-order valence-electron chi connectivity index (χ2n) is 6.34. The third-order valence-corrected chi connectivity index (χ3v) is 4.86. The third-order valence-electron chi connectivity index (χ3n) is 4.63. The summed E-state index contributed by atoms with van der Waals surface area (Å²) < 4.78 is 5.06. The predicted octanol–water partition coefficient (Wildman–Crippen LogP) is 4.79. The molecule has 2 atom stereocenters. The molecule has 3 heterocycles. The number of nitrogens with one attached hydrogen (secondary N) is 1. The molecule has 1 aliphatic heterocycles. The van der Waals surface area contributed by atoms with E-state index in [1.165, 1.54) is 6.20 Å². The van der Waals surface area contributed by atoms with Crippen LogP contribution >= 0.6 is 11.6 Å². The Bertz CT molecular complexity index is 740. The molecular weight excluding hydrogens is 402 g/mol. The first kappa shape index (κ1) is 25.8. The normalized spacial score (nSPS) is 16.8. The van der Waals surface area contributed by atoms with Crippen LogP contribution in [0.25, 0.3) is 0 Å². The first-order valence-electron chi connectivity index (χ1n) is 10.6. The summed E-state index contributed by atoms with van der Waals surface area (Å²) in [6.45, 7) is 11.6. The standard InChI is InChI=1S/C18H22ClN5O2.2C2H6/c1-12(18(25)23-16-6-5-14(19)8-21-16)24-7-3-4-13(11-24)15-9-22-17(26-2)10-20-15;2*1-2/h5-6,8-10,12-13H,3-4,7,11H2,1-2H3,(H,21,23,25);2*1-2H3. The van der Waals surface area contributed by atoms with Crippen molar-refractivity contribution < 1.29 is 9.53 Å². The fourth-order valence-corrected chi connectivity index (χ4v) is 3.20. The minimum absolute atomic E-state index is 0.0821. The molecule has 0 aromatic carbocycles. The van der Waals surface area contributed by atoms with Gasteiger partial charge in [0.2, 0.25) is 11.8 Å². The Morgan fingerprint density at radius 2 is 1.90 bits per heavy atom. The number of hydrogen-bond acceptors (Lipinski definition) is 6. The predicted molar refractivity (Wildman–Crippen MR) is 122 cm³/mol. The van der Waals surface area contributed by atoms with Crippen LogP contribution in [-0.2, 0) is 4.79 Å². The monoisotopic (exact) mass is 435 g/mol. The molecule has 0 saturated carbocycles. The number of nitrogens with zero attached hydrogens (tertiary/aromatic N) is 4. The van der Waals surface area contributed by atoms with Crippen LogP contribution in [0.2, 0.25) is 5.02 Å². The number of halogens is 1. The zero-order valence-corrected chi connectivity index (χ0v) is 19.6. The highest BCUT2D eigenvalue weighted by Crippen LogP contribution is 2.27. The van der Waals surface area contributed by atoms with Crippen molar-refractivity contribution in [2.75, 3.05) is 25.5 Å². The maximum Gasteiger partial charge on any atom is 0.242 e. The Morgan fingerprint density at radius 3 is 2.47 bits per heavy atom. The molecule has 1 aliphatic rings. The lowest BCUT2D eigenvalue weighted by Crippen LogP contribution is -2.46. The van der Waals surface area contributed by atoms with Crippen molar-refractivity contribution in [3.63, 3.8) is 0 Å². The summed E-state index contributed by atoms with van der Waals surface area (Å²) in [7, 11) is 1.57. The second kappa shape index (κ2) is 13.9. The Labute approximate surface area is 185 Å². The van der Waals surface area contributed by atoms with Gasteiger partial charge in [0.15, 0.2) is 0 Å². The molecule has 2 unspecified atom stereocenters. The summed E-state index contributed by atoms with van der Waals surface area (Å²) in [6.07, 6.45) is 6.95. The molecular formula is C22H34ClN5O2. The maximum absolute atomic E-state index is 12.6. The molecule has 0 aliphatic carbocycles. The number of ether oxygens (including phenoxy) is 1. The molecule has 3 rings (SSSR count). The van der Waals surface area contributed by atoms with Gasteiger partial charge in [-0.1, -0.05) is 39.3 Å². The van der Waals surface area contributed by atoms with E-state index in [4.69, 9.17) is 16.3 Å². The molecule has 1 N–H and O–H groups in total. The summed E-state index contributed by atoms with van der Waals surface area (Å²) in [6, 6.07) is 3.13. The van der Waals surface area contributed by atoms with Gasteiger partial charge in [-0.25, -0.2) is 9.97 Å². The SMILES string of the molecule is CC.CC.COc1cnc(C2CCCN(C(C)C(=O)Nc3ccc(Cl)cn3)C2)cn1. The summed E-state index contributed by atoms with van der Waals surface area (Å²) in [5.41, 5.74) is 0.933. The van der Waals surface area contributed by atoms with Crippen molar-refractivity contribution in [2.24, 2.45) is 0 Å². The van der Waals surface area contributed by atoms with Gasteiger partial charge >= 0.3 is 0 Å². The topological polar surface area (TPSA) is 80.2 Å². The van der Waals surface area contributed by atoms with Crippen LogP contribution in [0.4, 0.5) is 5.82 Å². The number of piperidine rings is 1. The molecule has 1 fully saturated rings. The van der Waals surface area contributed by atoms with Crippen LogP contribution in [0.5, 0.6) is 5.88 Å². The zero-order chi connectivity index (χ0) is 22.5. The van der Waals surface area contributed by atoms with Crippen molar-refractivity contribution in [1.29, 1.82) is 0 Å². The number of pyridine rings is 1. The van der Waals surface area contributed by atoms with E-state index in [0.29, 0.717) is 16.7 Å². The molecule has 0 radical (unpaired) electrons. The van der Waals surface area contributed by atoms with E-state index in [9.17, 15) is 4.79 Å². The number of carbonyl (C=O) groups is 1. The number of hydrogen-bond donors (Lipinski definition) is 1. The van der Waals surface area contributed by atoms with Crippen molar-refractivity contribution >= 4 is 23.3 Å². The van der Waals surface area contributed by atoms with E-state index in [2.05, 4.69) is 25.2 Å². The minimum atomic E-state index is -0.263. The van der Waals surface area contributed by atoms with Gasteiger partial charge in [0.25, 0.3) is 0 Å². The molecule has 2 aromatic rings. The molecule has 0 bridgehead atoms. The zero-order valence-electron chi connectivity index (χ0n) is 18.9. The highest BCUT2D eigenvalue weighted by Gasteiger charge is 2.29. The first-order chi connectivity index (χ1) is 14.6. The van der Waals surface area contributed by atoms with Gasteiger partial charge in [-0.15, -0.1) is 0 Å². The van der Waals surface area contributed by atoms with E-state index >= 15 is 0 Å². The Balaban J connectivity index is 0.00000106. The van der Waals surface area contributed by atoms with Crippen molar-refractivity contribution in [3.05, 3.63) is 41.4 Å². The second-order valence-corrected chi connectivity index (χ2v) is 6.78. The van der Waals surface area contributed by atoms with Gasteiger partial charge in [-0.2, -0.15) is 0 Å². The summed E-state index contributed by atoms with van der Waals surface area (Å²) in [5.74, 6) is 1.18. The number of likely N-dealkylation sites (tertiary alicyclic amines) is 1. The van der Waals surface area contributed by atoms with Crippen molar-refractivity contribution in [2.45, 2.75) is 59.4 Å². The van der Waals surface area contributed by atoms with Gasteiger partial charge < -0.3 is 10.1 Å². The van der Waals surface area contributed by atoms with Gasteiger partial charge in [0.1, 0.15) is 5.82 Å². The lowest BCUT2D eigenvalue weighted by molar-refractivity contribution is -0.121. The van der Waals surface area contributed by atoms with E-state index < -0.39 is 0 Å². The van der Waals surface area contributed by atoms with Crippen LogP contribution in [0.1, 0.15) is 59.1 Å². The van der Waals surface area contributed by atoms with Gasteiger partial charge in [-0.05, 0) is 38.4 Å². The number of carbonyl (C=O) groups excluding carboxylic acids is 1. The fourth-order valence-electron chi connectivity index (χ4n) is 3.09. The van der Waals surface area contributed by atoms with Crippen molar-refractivity contribution in [1.82, 2.24) is 19.9 Å². The molecule has 2 aromatic heterocycles. The number of anilines is 1. The molecule has 7 nitrogen and oxygen atoms in total. The summed E-state index contributed by atoms with van der Waals surface area (Å²) in [5, 5.41) is 3.38. The Morgan fingerprint density at radius 1 is 1.17 bits per heavy atom. The van der Waals surface area contributed by atoms with Crippen LogP contribution in [0.15, 0.2) is 30.7 Å². The van der Waals surface area contributed by atoms with E-state index in [1.807, 2.05) is 34.6 Å². The van der Waals surface area contributed by atoms with Gasteiger partial charge in [0, 0.05) is 18.7 Å². The van der Waals surface area contributed by atoms with E-state index in [-0.39, 0.29) is 17.9 Å². The minimum Gasteiger partial charge on any atom is -0.480 e. The molecule has 30 heavy (non-hydrogen) atoms. The van der Waals surface area contributed by atoms with Gasteiger partial charge in [0.05, 0.1) is 36.3 Å². The number of aromatic nitrogens is 3. The number of rotatable bonds is 5. The fraction of sp³-hybridized carbons (Fsp3) is 0.545. The quantitative estimate of drug-likeness (QED) is 0.727. The Kier molecular flexibility index (Phi) is 11.9. The summed E-state index contributed by atoms with van der Waals surface area (Å²) in [4.78, 5) is 27.5. The van der Waals surface area contributed by atoms with Crippen LogP contribution in [-0.4, -0.2) is 52.0 Å². The maximum atomic E-state index is 12.6. The van der Waals surface area contributed by atoms with Crippen LogP contribution < -0.4 is 10.1 Å². The van der Waals surface area contributed by atoms with E-state index in [0.717, 1.165) is 31.6 Å². The highest BCUT2D eigenvalue weighted by molar-refractivity contribution is 6.30. The van der Waals surface area contributed by atoms with Crippen LogP contribution in [0, 0.1) is 0 Å². The van der Waals surface area contributed by atoms with Gasteiger partial charge in [-0.3, -0.25) is 14.7 Å². The number of methoxy groups -OCH3 is 1. The number of amides is 1. The summed E-state index contributed by atoms with van der Waals surface area (Å²) >= 11 is 5.82. The third kappa shape index (κ3) is 7.54. The molecule has 1 saturated heterocycles. The van der Waals surface area contributed by atoms with Crippen molar-refractivity contribution in [3.8, 4) is 5.88 Å². The average Bonchev–Trinajstić information content (AvgIpc) is 2.82.